The van der Waals surface area contributed by atoms with Crippen molar-refractivity contribution < 1.29 is 27.8 Å². The highest BCUT2D eigenvalue weighted by molar-refractivity contribution is 5.94. The van der Waals surface area contributed by atoms with Crippen molar-refractivity contribution in [2.24, 2.45) is 0 Å². The first-order chi connectivity index (χ1) is 18.2. The largest absolute Gasteiger partial charge is 0.488 e. The van der Waals surface area contributed by atoms with Crippen LogP contribution in [0.3, 0.4) is 0 Å². The van der Waals surface area contributed by atoms with Gasteiger partial charge in [0.15, 0.2) is 11.6 Å². The Hall–Kier alpha value is -3.71. The zero-order valence-corrected chi connectivity index (χ0v) is 21.6. The molecule has 1 aliphatic carbocycles. The van der Waals surface area contributed by atoms with E-state index in [4.69, 9.17) is 14.2 Å². The van der Waals surface area contributed by atoms with Gasteiger partial charge in [-0.3, -0.25) is 4.79 Å². The van der Waals surface area contributed by atoms with E-state index in [-0.39, 0.29) is 12.1 Å². The Morgan fingerprint density at radius 3 is 2.50 bits per heavy atom. The molecule has 1 aliphatic heterocycles. The standard InChI is InChI=1S/C31H29F2NO4/c1-19(35)38-22-15-31(16-22)28-27-25(10-7-11-26(27)36-17-20-8-5-4-6-9-20)34(29(28)30(2,3)18-37-31)21-12-13-23(32)24(33)14-21/h4-14,22H,15-18H2,1-3H3. The summed E-state index contributed by atoms with van der Waals surface area (Å²) in [6.45, 7) is 6.37. The van der Waals surface area contributed by atoms with Gasteiger partial charge in [0.1, 0.15) is 24.1 Å². The molecule has 196 valence electrons. The second kappa shape index (κ2) is 8.95. The van der Waals surface area contributed by atoms with Gasteiger partial charge < -0.3 is 18.8 Å². The van der Waals surface area contributed by atoms with Gasteiger partial charge >= 0.3 is 5.97 Å². The Labute approximate surface area is 219 Å². The smallest absolute Gasteiger partial charge is 0.302 e. The molecule has 38 heavy (non-hydrogen) atoms. The van der Waals surface area contributed by atoms with Crippen LogP contribution in [0.25, 0.3) is 16.6 Å². The molecule has 1 spiro atoms. The predicted molar refractivity (Wildman–Crippen MR) is 139 cm³/mol. The molecule has 5 nitrogen and oxygen atoms in total. The monoisotopic (exact) mass is 517 g/mol. The first-order valence-corrected chi connectivity index (χ1v) is 12.8. The summed E-state index contributed by atoms with van der Waals surface area (Å²) in [5.74, 6) is -1.45. The minimum Gasteiger partial charge on any atom is -0.488 e. The zero-order chi connectivity index (χ0) is 26.7. The molecule has 0 atom stereocenters. The first kappa shape index (κ1) is 24.6. The molecule has 0 saturated heterocycles. The third-order valence-electron chi connectivity index (χ3n) is 7.61. The zero-order valence-electron chi connectivity index (χ0n) is 21.6. The Morgan fingerprint density at radius 1 is 1.03 bits per heavy atom. The Bertz CT molecular complexity index is 1540. The average Bonchev–Trinajstić information content (AvgIpc) is 3.23. The van der Waals surface area contributed by atoms with E-state index < -0.39 is 22.7 Å². The second-order valence-corrected chi connectivity index (χ2v) is 10.9. The lowest BCUT2D eigenvalue weighted by Crippen LogP contribution is -2.54. The highest BCUT2D eigenvalue weighted by Gasteiger charge is 2.56. The molecule has 0 unspecified atom stereocenters. The number of carbonyl (C=O) groups is 1. The molecule has 4 aromatic rings. The van der Waals surface area contributed by atoms with Gasteiger partial charge in [-0.05, 0) is 29.8 Å². The van der Waals surface area contributed by atoms with Crippen LogP contribution in [0.2, 0.25) is 0 Å². The van der Waals surface area contributed by atoms with E-state index in [9.17, 15) is 13.6 Å². The number of aromatic nitrogens is 1. The molecule has 1 aromatic heterocycles. The number of fused-ring (bicyclic) bond motifs is 4. The average molecular weight is 518 g/mol. The normalized spacial score (nSPS) is 21.7. The maximum Gasteiger partial charge on any atom is 0.302 e. The molecule has 6 rings (SSSR count). The third-order valence-corrected chi connectivity index (χ3v) is 7.61. The highest BCUT2D eigenvalue weighted by Crippen LogP contribution is 2.57. The van der Waals surface area contributed by atoms with Crippen molar-refractivity contribution >= 4 is 16.9 Å². The molecule has 2 aliphatic rings. The van der Waals surface area contributed by atoms with Crippen LogP contribution in [0.15, 0.2) is 66.7 Å². The van der Waals surface area contributed by atoms with Crippen molar-refractivity contribution in [1.82, 2.24) is 4.57 Å². The first-order valence-electron chi connectivity index (χ1n) is 12.8. The summed E-state index contributed by atoms with van der Waals surface area (Å²) in [6.07, 6.45) is 0.778. The topological polar surface area (TPSA) is 49.7 Å². The fraction of sp³-hybridized carbons (Fsp3) is 0.323. The highest BCUT2D eigenvalue weighted by atomic mass is 19.2. The summed E-state index contributed by atoms with van der Waals surface area (Å²) in [5.41, 5.74) is 3.16. The molecule has 1 saturated carbocycles. The van der Waals surface area contributed by atoms with Crippen LogP contribution >= 0.6 is 0 Å². The van der Waals surface area contributed by atoms with Crippen LogP contribution in [0, 0.1) is 11.6 Å². The van der Waals surface area contributed by atoms with E-state index >= 15 is 0 Å². The lowest BCUT2D eigenvalue weighted by atomic mass is 9.67. The maximum atomic E-state index is 14.5. The van der Waals surface area contributed by atoms with Crippen LogP contribution in [-0.4, -0.2) is 23.2 Å². The molecule has 7 heteroatoms. The van der Waals surface area contributed by atoms with Gasteiger partial charge in [0, 0.05) is 53.6 Å². The van der Waals surface area contributed by atoms with E-state index in [0.29, 0.717) is 37.5 Å². The van der Waals surface area contributed by atoms with Gasteiger partial charge in [-0.1, -0.05) is 50.2 Å². The van der Waals surface area contributed by atoms with E-state index in [2.05, 4.69) is 13.8 Å². The van der Waals surface area contributed by atoms with Crippen molar-refractivity contribution in [2.75, 3.05) is 6.61 Å². The van der Waals surface area contributed by atoms with Gasteiger partial charge in [0.05, 0.1) is 12.1 Å². The minimum atomic E-state index is -0.910. The Kier molecular flexibility index (Phi) is 5.80. The van der Waals surface area contributed by atoms with Crippen LogP contribution < -0.4 is 4.74 Å². The van der Waals surface area contributed by atoms with Gasteiger partial charge in [0.2, 0.25) is 0 Å². The molecular formula is C31H29F2NO4. The number of nitrogens with zero attached hydrogens (tertiary/aromatic N) is 1. The van der Waals surface area contributed by atoms with Crippen molar-refractivity contribution in [3.05, 3.63) is 95.2 Å². The lowest BCUT2D eigenvalue weighted by molar-refractivity contribution is -0.198. The number of hydrogen-bond donors (Lipinski definition) is 0. The van der Waals surface area contributed by atoms with Crippen LogP contribution in [0.1, 0.15) is 50.4 Å². The van der Waals surface area contributed by atoms with Crippen LogP contribution in [0.4, 0.5) is 8.78 Å². The summed E-state index contributed by atoms with van der Waals surface area (Å²) < 4.78 is 48.9. The number of rotatable bonds is 5. The Balaban J connectivity index is 1.58. The number of benzene rings is 3. The quantitative estimate of drug-likeness (QED) is 0.276. The molecule has 0 radical (unpaired) electrons. The van der Waals surface area contributed by atoms with Crippen LogP contribution in [-0.2, 0) is 31.9 Å². The molecule has 0 amide bonds. The minimum absolute atomic E-state index is 0.249. The summed E-state index contributed by atoms with van der Waals surface area (Å²) in [4.78, 5) is 11.6. The van der Waals surface area contributed by atoms with Gasteiger partial charge in [0.25, 0.3) is 0 Å². The van der Waals surface area contributed by atoms with E-state index in [0.717, 1.165) is 33.8 Å². The van der Waals surface area contributed by atoms with Gasteiger partial charge in [-0.25, -0.2) is 8.78 Å². The summed E-state index contributed by atoms with van der Waals surface area (Å²) in [7, 11) is 0. The predicted octanol–water partition coefficient (Wildman–Crippen LogP) is 6.72. The molecular weight excluding hydrogens is 488 g/mol. The number of esters is 1. The summed E-state index contributed by atoms with van der Waals surface area (Å²) in [6, 6.07) is 19.7. The summed E-state index contributed by atoms with van der Waals surface area (Å²) in [5, 5.41) is 0.872. The number of halogens is 2. The molecule has 3 aromatic carbocycles. The second-order valence-electron chi connectivity index (χ2n) is 10.9. The van der Waals surface area contributed by atoms with E-state index in [1.807, 2.05) is 53.1 Å². The number of ether oxygens (including phenoxy) is 3. The third kappa shape index (κ3) is 3.97. The lowest BCUT2D eigenvalue weighted by Gasteiger charge is -2.52. The summed E-state index contributed by atoms with van der Waals surface area (Å²) >= 11 is 0. The van der Waals surface area contributed by atoms with Crippen LogP contribution in [0.5, 0.6) is 5.75 Å². The molecule has 2 heterocycles. The maximum absolute atomic E-state index is 14.5. The Morgan fingerprint density at radius 2 is 1.79 bits per heavy atom. The number of hydrogen-bond acceptors (Lipinski definition) is 4. The van der Waals surface area contributed by atoms with Crippen molar-refractivity contribution in [1.29, 1.82) is 0 Å². The molecule has 0 N–H and O–H groups in total. The van der Waals surface area contributed by atoms with Crippen molar-refractivity contribution in [2.45, 2.75) is 57.3 Å². The van der Waals surface area contributed by atoms with Gasteiger partial charge in [-0.2, -0.15) is 0 Å². The fourth-order valence-corrected chi connectivity index (χ4v) is 5.92. The van der Waals surface area contributed by atoms with E-state index in [1.54, 1.807) is 6.07 Å². The van der Waals surface area contributed by atoms with E-state index in [1.165, 1.54) is 13.0 Å². The molecule has 0 bridgehead atoms. The fourth-order valence-electron chi connectivity index (χ4n) is 5.92. The van der Waals surface area contributed by atoms with Gasteiger partial charge in [-0.15, -0.1) is 0 Å². The SMILES string of the molecule is CC(=O)OC1CC2(C1)OCC(C)(C)c1c2c2c(OCc3ccccc3)cccc2n1-c1ccc(F)c(F)c1. The van der Waals surface area contributed by atoms with Crippen molar-refractivity contribution in [3.63, 3.8) is 0 Å². The van der Waals surface area contributed by atoms with Crippen molar-refractivity contribution in [3.8, 4) is 11.4 Å². The molecule has 1 fully saturated rings. The number of carbonyl (C=O) groups excluding carboxylic acids is 1.